The van der Waals surface area contributed by atoms with Crippen molar-refractivity contribution in [2.45, 2.75) is 44.8 Å². The molecule has 126 valence electrons. The molecule has 1 saturated carbocycles. The van der Waals surface area contributed by atoms with E-state index in [1.54, 1.807) is 18.2 Å². The van der Waals surface area contributed by atoms with Gasteiger partial charge in [0.05, 0.1) is 17.2 Å². The highest BCUT2D eigenvalue weighted by molar-refractivity contribution is 5.84. The number of carboxylic acid groups (broad SMARTS) is 1. The molecule has 0 spiro atoms. The molecule has 7 nitrogen and oxygen atoms in total. The number of aliphatic carboxylic acids is 1. The predicted molar refractivity (Wildman–Crippen MR) is 87.6 cm³/mol. The quantitative estimate of drug-likeness (QED) is 0.861. The van der Waals surface area contributed by atoms with Gasteiger partial charge in [-0.05, 0) is 31.9 Å². The van der Waals surface area contributed by atoms with Gasteiger partial charge in [0.1, 0.15) is 6.04 Å². The molecule has 1 aromatic carbocycles. The second kappa shape index (κ2) is 6.43. The van der Waals surface area contributed by atoms with Crippen LogP contribution in [0.2, 0.25) is 0 Å². The number of rotatable bonds is 6. The second-order valence-corrected chi connectivity index (χ2v) is 6.06. The standard InChI is InChI=1S/C17H19N3O4/c1-11(17(23)24)20(12-6-7-12)15(21)8-9-19-10-18-14-5-3-2-4-13(14)16(19)22/h2-5,10-12H,6-9H2,1H3,(H,23,24). The molecule has 1 N–H and O–H groups in total. The van der Waals surface area contributed by atoms with Crippen LogP contribution in [0.4, 0.5) is 0 Å². The maximum atomic E-state index is 12.4. The fourth-order valence-electron chi connectivity index (χ4n) is 2.82. The van der Waals surface area contributed by atoms with Crippen molar-refractivity contribution in [1.82, 2.24) is 14.5 Å². The van der Waals surface area contributed by atoms with Gasteiger partial charge in [0, 0.05) is 19.0 Å². The predicted octanol–water partition coefficient (Wildman–Crippen LogP) is 1.25. The average Bonchev–Trinajstić information content (AvgIpc) is 3.39. The van der Waals surface area contributed by atoms with E-state index in [-0.39, 0.29) is 30.5 Å². The summed E-state index contributed by atoms with van der Waals surface area (Å²) in [4.78, 5) is 41.7. The number of para-hydroxylation sites is 1. The number of carbonyl (C=O) groups excluding carboxylic acids is 1. The smallest absolute Gasteiger partial charge is 0.326 e. The van der Waals surface area contributed by atoms with Crippen molar-refractivity contribution < 1.29 is 14.7 Å². The summed E-state index contributed by atoms with van der Waals surface area (Å²) in [6, 6.07) is 6.20. The van der Waals surface area contributed by atoms with Gasteiger partial charge in [-0.3, -0.25) is 14.2 Å². The molecule has 1 atom stereocenters. The van der Waals surface area contributed by atoms with E-state index in [1.165, 1.54) is 22.7 Å². The van der Waals surface area contributed by atoms with Gasteiger partial charge >= 0.3 is 5.97 Å². The lowest BCUT2D eigenvalue weighted by Crippen LogP contribution is -2.45. The molecule has 24 heavy (non-hydrogen) atoms. The maximum absolute atomic E-state index is 12.4. The third-order valence-electron chi connectivity index (χ3n) is 4.30. The Bertz CT molecular complexity index is 841. The molecule has 1 aromatic heterocycles. The van der Waals surface area contributed by atoms with Crippen molar-refractivity contribution in [1.29, 1.82) is 0 Å². The summed E-state index contributed by atoms with van der Waals surface area (Å²) in [7, 11) is 0. The molecule has 0 radical (unpaired) electrons. The summed E-state index contributed by atoms with van der Waals surface area (Å²) in [6.07, 6.45) is 3.18. The normalized spacial score (nSPS) is 15.2. The summed E-state index contributed by atoms with van der Waals surface area (Å²) in [5, 5.41) is 9.67. The Balaban J connectivity index is 1.75. The molecule has 0 bridgehead atoms. The van der Waals surface area contributed by atoms with Crippen LogP contribution >= 0.6 is 0 Å². The van der Waals surface area contributed by atoms with Gasteiger partial charge in [-0.1, -0.05) is 12.1 Å². The molecule has 1 heterocycles. The molecule has 0 saturated heterocycles. The summed E-state index contributed by atoms with van der Waals surface area (Å²) in [5.74, 6) is -1.26. The van der Waals surface area contributed by atoms with Crippen LogP contribution in [-0.2, 0) is 16.1 Å². The number of amides is 1. The molecule has 3 rings (SSSR count). The van der Waals surface area contributed by atoms with Crippen LogP contribution in [0, 0.1) is 0 Å². The minimum absolute atomic E-state index is 0.00931. The molecule has 1 aliphatic carbocycles. The first-order chi connectivity index (χ1) is 11.5. The number of hydrogen-bond acceptors (Lipinski definition) is 4. The third kappa shape index (κ3) is 3.15. The van der Waals surface area contributed by atoms with Gasteiger partial charge in [0.2, 0.25) is 5.91 Å². The van der Waals surface area contributed by atoms with E-state index in [0.29, 0.717) is 10.9 Å². The Kier molecular flexibility index (Phi) is 4.33. The number of carboxylic acids is 1. The van der Waals surface area contributed by atoms with Gasteiger partial charge in [-0.25, -0.2) is 9.78 Å². The van der Waals surface area contributed by atoms with Crippen LogP contribution in [0.3, 0.4) is 0 Å². The van der Waals surface area contributed by atoms with Crippen LogP contribution < -0.4 is 5.56 Å². The van der Waals surface area contributed by atoms with E-state index >= 15 is 0 Å². The maximum Gasteiger partial charge on any atom is 0.326 e. The summed E-state index contributed by atoms with van der Waals surface area (Å²) in [5.41, 5.74) is 0.418. The Labute approximate surface area is 138 Å². The SMILES string of the molecule is CC(C(=O)O)N(C(=O)CCn1cnc2ccccc2c1=O)C1CC1. The molecular weight excluding hydrogens is 310 g/mol. The van der Waals surface area contributed by atoms with Crippen molar-refractivity contribution in [3.8, 4) is 0 Å². The molecule has 1 fully saturated rings. The van der Waals surface area contributed by atoms with Gasteiger partial charge in [-0.15, -0.1) is 0 Å². The monoisotopic (exact) mass is 329 g/mol. The Hall–Kier alpha value is -2.70. The molecular formula is C17H19N3O4. The first kappa shape index (κ1) is 16.2. The molecule has 1 amide bonds. The Morgan fingerprint density at radius 1 is 1.38 bits per heavy atom. The van der Waals surface area contributed by atoms with Gasteiger partial charge < -0.3 is 10.0 Å². The summed E-state index contributed by atoms with van der Waals surface area (Å²) in [6.45, 7) is 1.70. The summed E-state index contributed by atoms with van der Waals surface area (Å²) < 4.78 is 1.40. The average molecular weight is 329 g/mol. The van der Waals surface area contributed by atoms with Crippen molar-refractivity contribution in [3.05, 3.63) is 40.9 Å². The highest BCUT2D eigenvalue weighted by Gasteiger charge is 2.37. The number of fused-ring (bicyclic) bond motifs is 1. The fraction of sp³-hybridized carbons (Fsp3) is 0.412. The molecule has 7 heteroatoms. The zero-order valence-electron chi connectivity index (χ0n) is 13.4. The molecule has 1 unspecified atom stereocenters. The van der Waals surface area contributed by atoms with E-state index in [4.69, 9.17) is 5.11 Å². The van der Waals surface area contributed by atoms with Crippen LogP contribution in [0.25, 0.3) is 10.9 Å². The van der Waals surface area contributed by atoms with E-state index in [0.717, 1.165) is 12.8 Å². The van der Waals surface area contributed by atoms with Crippen LogP contribution in [0.15, 0.2) is 35.4 Å². The lowest BCUT2D eigenvalue weighted by molar-refractivity contribution is -0.150. The first-order valence-electron chi connectivity index (χ1n) is 7.97. The van der Waals surface area contributed by atoms with Crippen molar-refractivity contribution in [2.24, 2.45) is 0 Å². The van der Waals surface area contributed by atoms with E-state index in [9.17, 15) is 14.4 Å². The highest BCUT2D eigenvalue weighted by Crippen LogP contribution is 2.29. The first-order valence-corrected chi connectivity index (χ1v) is 7.97. The van der Waals surface area contributed by atoms with Crippen LogP contribution in [-0.4, -0.2) is 43.5 Å². The van der Waals surface area contributed by atoms with E-state index in [2.05, 4.69) is 4.98 Å². The lowest BCUT2D eigenvalue weighted by Gasteiger charge is -2.26. The van der Waals surface area contributed by atoms with Crippen molar-refractivity contribution >= 4 is 22.8 Å². The number of carbonyl (C=O) groups is 2. The topological polar surface area (TPSA) is 92.5 Å². The second-order valence-electron chi connectivity index (χ2n) is 6.06. The highest BCUT2D eigenvalue weighted by atomic mass is 16.4. The van der Waals surface area contributed by atoms with Crippen LogP contribution in [0.1, 0.15) is 26.2 Å². The number of hydrogen-bond donors (Lipinski definition) is 1. The molecule has 1 aliphatic rings. The van der Waals surface area contributed by atoms with E-state index in [1.807, 2.05) is 6.07 Å². The van der Waals surface area contributed by atoms with Gasteiger partial charge in [0.25, 0.3) is 5.56 Å². The molecule has 0 aliphatic heterocycles. The molecule has 2 aromatic rings. The number of aryl methyl sites for hydroxylation is 1. The number of nitrogens with zero attached hydrogens (tertiary/aromatic N) is 3. The Morgan fingerprint density at radius 2 is 2.08 bits per heavy atom. The van der Waals surface area contributed by atoms with Gasteiger partial charge in [-0.2, -0.15) is 0 Å². The fourth-order valence-corrected chi connectivity index (χ4v) is 2.82. The number of aromatic nitrogens is 2. The Morgan fingerprint density at radius 3 is 2.75 bits per heavy atom. The summed E-state index contributed by atoms with van der Waals surface area (Å²) >= 11 is 0. The largest absolute Gasteiger partial charge is 0.480 e. The van der Waals surface area contributed by atoms with Gasteiger partial charge in [0.15, 0.2) is 0 Å². The minimum Gasteiger partial charge on any atom is -0.480 e. The minimum atomic E-state index is -1.01. The van der Waals surface area contributed by atoms with Crippen molar-refractivity contribution in [2.75, 3.05) is 0 Å². The lowest BCUT2D eigenvalue weighted by atomic mass is 10.2. The third-order valence-corrected chi connectivity index (χ3v) is 4.30. The van der Waals surface area contributed by atoms with E-state index < -0.39 is 12.0 Å². The zero-order chi connectivity index (χ0) is 17.3. The zero-order valence-corrected chi connectivity index (χ0v) is 13.4. The number of benzene rings is 1. The van der Waals surface area contributed by atoms with Crippen molar-refractivity contribution in [3.63, 3.8) is 0 Å². The van der Waals surface area contributed by atoms with Crippen LogP contribution in [0.5, 0.6) is 0 Å².